The van der Waals surface area contributed by atoms with Gasteiger partial charge in [0.1, 0.15) is 0 Å². The van der Waals surface area contributed by atoms with E-state index in [4.69, 9.17) is 4.74 Å². The number of hydrogen-bond donors (Lipinski definition) is 1. The Kier molecular flexibility index (Phi) is 5.16. The number of aromatic nitrogens is 1. The lowest BCUT2D eigenvalue weighted by Crippen LogP contribution is -2.32. The zero-order chi connectivity index (χ0) is 13.7. The third-order valence-corrected chi connectivity index (χ3v) is 3.69. The first-order valence-corrected chi connectivity index (χ1v) is 7.25. The summed E-state index contributed by atoms with van der Waals surface area (Å²) in [5.41, 5.74) is 1.85. The van der Waals surface area contributed by atoms with Gasteiger partial charge in [-0.05, 0) is 38.3 Å². The van der Waals surface area contributed by atoms with E-state index >= 15 is 0 Å². The molecule has 4 heteroatoms. The lowest BCUT2D eigenvalue weighted by molar-refractivity contribution is 0.115. The summed E-state index contributed by atoms with van der Waals surface area (Å²) in [6.07, 6.45) is 4.76. The highest BCUT2D eigenvalue weighted by Gasteiger charge is 2.19. The van der Waals surface area contributed by atoms with Crippen molar-refractivity contribution in [3.63, 3.8) is 0 Å². The van der Waals surface area contributed by atoms with Gasteiger partial charge in [-0.15, -0.1) is 0 Å². The molecule has 4 nitrogen and oxygen atoms in total. The Morgan fingerprint density at radius 2 is 2.32 bits per heavy atom. The van der Waals surface area contributed by atoms with Crippen LogP contribution >= 0.6 is 0 Å². The molecule has 106 valence electrons. The zero-order valence-electron chi connectivity index (χ0n) is 11.9. The Bertz CT molecular complexity index is 374. The minimum absolute atomic E-state index is 0.348. The fourth-order valence-electron chi connectivity index (χ4n) is 2.44. The summed E-state index contributed by atoms with van der Waals surface area (Å²) >= 11 is 0. The predicted octanol–water partition coefficient (Wildman–Crippen LogP) is 2.53. The van der Waals surface area contributed by atoms with E-state index in [1.807, 2.05) is 25.3 Å². The van der Waals surface area contributed by atoms with Crippen molar-refractivity contribution in [2.24, 2.45) is 0 Å². The summed E-state index contributed by atoms with van der Waals surface area (Å²) < 4.78 is 5.68. The Hall–Kier alpha value is -1.13. The molecule has 1 aromatic heterocycles. The molecule has 0 aromatic carbocycles. The van der Waals surface area contributed by atoms with Crippen LogP contribution in [0.4, 0.5) is 5.69 Å². The van der Waals surface area contributed by atoms with Gasteiger partial charge in [-0.3, -0.25) is 4.98 Å². The molecular weight excluding hydrogens is 240 g/mol. The Labute approximate surface area is 115 Å². The van der Waals surface area contributed by atoms with Gasteiger partial charge in [0.25, 0.3) is 0 Å². The molecule has 1 N–H and O–H groups in total. The van der Waals surface area contributed by atoms with E-state index in [2.05, 4.69) is 16.8 Å². The molecule has 0 bridgehead atoms. The second-order valence-corrected chi connectivity index (χ2v) is 5.04. The molecule has 19 heavy (non-hydrogen) atoms. The predicted molar refractivity (Wildman–Crippen MR) is 76.3 cm³/mol. The van der Waals surface area contributed by atoms with Crippen LogP contribution < -0.4 is 4.90 Å². The second-order valence-electron chi connectivity index (χ2n) is 5.04. The smallest absolute Gasteiger partial charge is 0.0957 e. The summed E-state index contributed by atoms with van der Waals surface area (Å²) in [6.45, 7) is 6.85. The molecule has 1 aromatic rings. The van der Waals surface area contributed by atoms with Crippen LogP contribution in [0, 0.1) is 0 Å². The molecule has 1 aliphatic rings. The average Bonchev–Trinajstić information content (AvgIpc) is 2.97. The van der Waals surface area contributed by atoms with Gasteiger partial charge >= 0.3 is 0 Å². The first-order chi connectivity index (χ1) is 9.24. The van der Waals surface area contributed by atoms with Gasteiger partial charge in [0.2, 0.25) is 0 Å². The molecule has 1 saturated heterocycles. The third-order valence-electron chi connectivity index (χ3n) is 3.69. The van der Waals surface area contributed by atoms with Gasteiger partial charge < -0.3 is 14.7 Å². The van der Waals surface area contributed by atoms with E-state index in [0.717, 1.165) is 37.5 Å². The van der Waals surface area contributed by atoms with Crippen molar-refractivity contribution >= 4 is 5.69 Å². The molecule has 1 unspecified atom stereocenters. The third kappa shape index (κ3) is 3.67. The van der Waals surface area contributed by atoms with Crippen molar-refractivity contribution in [3.05, 3.63) is 24.0 Å². The summed E-state index contributed by atoms with van der Waals surface area (Å²) in [6, 6.07) is 3.96. The van der Waals surface area contributed by atoms with Crippen LogP contribution in [0.5, 0.6) is 0 Å². The molecule has 2 rings (SSSR count). The van der Waals surface area contributed by atoms with E-state index in [1.54, 1.807) is 0 Å². The number of anilines is 1. The fraction of sp³-hybridized carbons (Fsp3) is 0.667. The van der Waals surface area contributed by atoms with Crippen molar-refractivity contribution in [2.45, 2.75) is 45.3 Å². The fourth-order valence-corrected chi connectivity index (χ4v) is 2.44. The van der Waals surface area contributed by atoms with Crippen molar-refractivity contribution in [2.75, 3.05) is 24.6 Å². The van der Waals surface area contributed by atoms with Crippen LogP contribution in [0.3, 0.4) is 0 Å². The standard InChI is InChI=1S/C15H24N2O2/c1-3-15(18)14-8-7-12(10-16-14)17(4-2)11-13-6-5-9-19-13/h7-8,10,13,15,18H,3-6,9,11H2,1-2H3/t13?,15-/m1/s1. The van der Waals surface area contributed by atoms with E-state index < -0.39 is 6.10 Å². The molecule has 2 heterocycles. The first kappa shape index (κ1) is 14.3. The van der Waals surface area contributed by atoms with Gasteiger partial charge in [-0.1, -0.05) is 6.92 Å². The lowest BCUT2D eigenvalue weighted by Gasteiger charge is -2.26. The number of ether oxygens (including phenoxy) is 1. The summed E-state index contributed by atoms with van der Waals surface area (Å²) in [7, 11) is 0. The maximum absolute atomic E-state index is 9.75. The number of aliphatic hydroxyl groups excluding tert-OH is 1. The van der Waals surface area contributed by atoms with Crippen LogP contribution in [0.25, 0.3) is 0 Å². The van der Waals surface area contributed by atoms with E-state index in [0.29, 0.717) is 12.5 Å². The highest BCUT2D eigenvalue weighted by Crippen LogP contribution is 2.21. The van der Waals surface area contributed by atoms with Crippen LogP contribution in [0.2, 0.25) is 0 Å². The molecule has 0 aliphatic carbocycles. The first-order valence-electron chi connectivity index (χ1n) is 7.25. The van der Waals surface area contributed by atoms with Crippen LogP contribution in [-0.2, 0) is 4.74 Å². The maximum atomic E-state index is 9.75. The molecule has 1 aliphatic heterocycles. The Morgan fingerprint density at radius 1 is 1.47 bits per heavy atom. The largest absolute Gasteiger partial charge is 0.387 e. The molecular formula is C15H24N2O2. The van der Waals surface area contributed by atoms with Gasteiger partial charge in [0, 0.05) is 19.7 Å². The number of hydrogen-bond acceptors (Lipinski definition) is 4. The molecule has 0 saturated carbocycles. The van der Waals surface area contributed by atoms with Crippen LogP contribution in [0.15, 0.2) is 18.3 Å². The lowest BCUT2D eigenvalue weighted by atomic mass is 10.1. The van der Waals surface area contributed by atoms with Crippen molar-refractivity contribution < 1.29 is 9.84 Å². The Morgan fingerprint density at radius 3 is 2.84 bits per heavy atom. The highest BCUT2D eigenvalue weighted by molar-refractivity contribution is 5.44. The number of rotatable bonds is 6. The topological polar surface area (TPSA) is 45.6 Å². The molecule has 0 spiro atoms. The minimum Gasteiger partial charge on any atom is -0.387 e. The van der Waals surface area contributed by atoms with E-state index in [-0.39, 0.29) is 0 Å². The SMILES string of the molecule is CC[C@@H](O)c1ccc(N(CC)CC2CCCO2)cn1. The number of likely N-dealkylation sites (N-methyl/N-ethyl adjacent to an activating group) is 1. The normalized spacial score (nSPS) is 20.5. The number of aliphatic hydroxyl groups is 1. The van der Waals surface area contributed by atoms with Crippen LogP contribution in [0.1, 0.15) is 44.9 Å². The Balaban J connectivity index is 2.01. The summed E-state index contributed by atoms with van der Waals surface area (Å²) in [4.78, 5) is 6.64. The van der Waals surface area contributed by atoms with Crippen molar-refractivity contribution in [3.8, 4) is 0 Å². The number of nitrogens with zero attached hydrogens (tertiary/aromatic N) is 2. The highest BCUT2D eigenvalue weighted by atomic mass is 16.5. The van der Waals surface area contributed by atoms with E-state index in [9.17, 15) is 5.11 Å². The zero-order valence-corrected chi connectivity index (χ0v) is 11.9. The monoisotopic (exact) mass is 264 g/mol. The maximum Gasteiger partial charge on any atom is 0.0957 e. The quantitative estimate of drug-likeness (QED) is 0.857. The average molecular weight is 264 g/mol. The van der Waals surface area contributed by atoms with Crippen molar-refractivity contribution in [1.82, 2.24) is 4.98 Å². The minimum atomic E-state index is -0.456. The summed E-state index contributed by atoms with van der Waals surface area (Å²) in [5, 5.41) is 9.75. The van der Waals surface area contributed by atoms with Gasteiger partial charge in [-0.2, -0.15) is 0 Å². The molecule has 0 radical (unpaired) electrons. The molecule has 1 fully saturated rings. The van der Waals surface area contributed by atoms with Gasteiger partial charge in [0.05, 0.1) is 29.8 Å². The molecule has 0 amide bonds. The second kappa shape index (κ2) is 6.87. The van der Waals surface area contributed by atoms with Crippen LogP contribution in [-0.4, -0.2) is 35.9 Å². The summed E-state index contributed by atoms with van der Waals surface area (Å²) in [5.74, 6) is 0. The van der Waals surface area contributed by atoms with Crippen molar-refractivity contribution in [1.29, 1.82) is 0 Å². The molecule has 2 atom stereocenters. The number of pyridine rings is 1. The van der Waals surface area contributed by atoms with E-state index in [1.165, 1.54) is 6.42 Å². The van der Waals surface area contributed by atoms with Gasteiger partial charge in [-0.25, -0.2) is 0 Å². The van der Waals surface area contributed by atoms with Gasteiger partial charge in [0.15, 0.2) is 0 Å².